The highest BCUT2D eigenvalue weighted by molar-refractivity contribution is 5.83. The lowest BCUT2D eigenvalue weighted by Crippen LogP contribution is -2.12. The number of hydrogen-bond acceptors (Lipinski definition) is 3. The van der Waals surface area contributed by atoms with Crippen LogP contribution in [-0.4, -0.2) is 38.1 Å². The van der Waals surface area contributed by atoms with Crippen molar-refractivity contribution < 1.29 is 14.6 Å². The van der Waals surface area contributed by atoms with Crippen LogP contribution in [0.1, 0.15) is 19.8 Å². The number of nitrogens with one attached hydrogen (secondary N) is 1. The Morgan fingerprint density at radius 2 is 2.33 bits per heavy atom. The molecule has 0 aliphatic carbocycles. The Morgan fingerprint density at radius 1 is 1.67 bits per heavy atom. The molecule has 0 saturated heterocycles. The topological polar surface area (TPSA) is 70.9 Å². The van der Waals surface area contributed by atoms with Crippen molar-refractivity contribution in [1.82, 2.24) is 5.32 Å². The van der Waals surface area contributed by atoms with Gasteiger partial charge in [-0.3, -0.25) is 0 Å². The summed E-state index contributed by atoms with van der Waals surface area (Å²) in [7, 11) is 2.55. The lowest BCUT2D eigenvalue weighted by Gasteiger charge is -1.85. The van der Waals surface area contributed by atoms with Crippen LogP contribution >= 0.6 is 0 Å². The van der Waals surface area contributed by atoms with Gasteiger partial charge in [0.25, 0.3) is 0 Å². The van der Waals surface area contributed by atoms with E-state index in [-0.39, 0.29) is 6.03 Å². The average Bonchev–Trinajstić information content (AvgIpc) is 2.87. The Labute approximate surface area is 90.9 Å². The maximum Gasteiger partial charge on any atom is 0.340 e. The molecule has 2 amide bonds. The molecular formula is C10H20N2O3. The molecule has 0 fully saturated rings. The first-order valence-electron chi connectivity index (χ1n) is 4.76. The van der Waals surface area contributed by atoms with Gasteiger partial charge in [-0.2, -0.15) is 0 Å². The van der Waals surface area contributed by atoms with E-state index in [4.69, 9.17) is 9.84 Å². The molecular weight excluding hydrogens is 196 g/mol. The first-order valence-corrected chi connectivity index (χ1v) is 4.76. The second kappa shape index (κ2) is 15.1. The standard InChI is InChI=1S/C5H10N2O.C4H6O.CH4O/c1-3-4-7-5(8)6-2;1-2-4-5-3-1;1-2/h4H,3H2,1-2H3,(H,6,8);1,3H,2,4H2;2H,1H3/b7-4-;;. The monoisotopic (exact) mass is 216 g/mol. The summed E-state index contributed by atoms with van der Waals surface area (Å²) in [6, 6.07) is -0.285. The van der Waals surface area contributed by atoms with Gasteiger partial charge in [0.05, 0.1) is 12.9 Å². The molecule has 0 aromatic heterocycles. The fourth-order valence-electron chi connectivity index (χ4n) is 0.579. The van der Waals surface area contributed by atoms with Gasteiger partial charge in [-0.1, -0.05) is 6.92 Å². The maximum absolute atomic E-state index is 10.3. The maximum atomic E-state index is 10.3. The first-order chi connectivity index (χ1) is 7.31. The van der Waals surface area contributed by atoms with E-state index in [9.17, 15) is 4.79 Å². The third kappa shape index (κ3) is 15.4. The summed E-state index contributed by atoms with van der Waals surface area (Å²) in [6.07, 6.45) is 7.21. The molecule has 1 heterocycles. The zero-order valence-corrected chi connectivity index (χ0v) is 9.56. The van der Waals surface area contributed by atoms with Crippen LogP contribution in [0.15, 0.2) is 17.3 Å². The van der Waals surface area contributed by atoms with E-state index in [2.05, 4.69) is 10.3 Å². The number of ether oxygens (including phenoxy) is 1. The van der Waals surface area contributed by atoms with Crippen LogP contribution in [0.4, 0.5) is 4.79 Å². The molecule has 1 aliphatic rings. The third-order valence-corrected chi connectivity index (χ3v) is 1.20. The molecule has 0 radical (unpaired) electrons. The van der Waals surface area contributed by atoms with Gasteiger partial charge < -0.3 is 15.2 Å². The van der Waals surface area contributed by atoms with Gasteiger partial charge in [-0.05, 0) is 12.5 Å². The van der Waals surface area contributed by atoms with E-state index >= 15 is 0 Å². The number of urea groups is 1. The van der Waals surface area contributed by atoms with E-state index in [1.54, 1.807) is 19.5 Å². The summed E-state index contributed by atoms with van der Waals surface area (Å²) in [5, 5.41) is 9.36. The normalized spacial score (nSPS) is 12.0. The largest absolute Gasteiger partial charge is 0.501 e. The van der Waals surface area contributed by atoms with Crippen LogP contribution in [0, 0.1) is 0 Å². The Hall–Kier alpha value is -1.36. The predicted octanol–water partition coefficient (Wildman–Crippen LogP) is 1.34. The summed E-state index contributed by atoms with van der Waals surface area (Å²) in [4.78, 5) is 13.7. The van der Waals surface area contributed by atoms with Gasteiger partial charge in [0.1, 0.15) is 0 Å². The molecule has 5 heteroatoms. The zero-order valence-electron chi connectivity index (χ0n) is 9.56. The lowest BCUT2D eigenvalue weighted by atomic mass is 10.5. The quantitative estimate of drug-likeness (QED) is 0.650. The molecule has 5 nitrogen and oxygen atoms in total. The van der Waals surface area contributed by atoms with Crippen molar-refractivity contribution in [3.8, 4) is 0 Å². The average molecular weight is 216 g/mol. The van der Waals surface area contributed by atoms with E-state index in [1.165, 1.54) is 0 Å². The Kier molecular flexibility index (Phi) is 16.2. The molecule has 0 saturated carbocycles. The van der Waals surface area contributed by atoms with Crippen LogP contribution in [0.25, 0.3) is 0 Å². The number of hydrogen-bond donors (Lipinski definition) is 2. The van der Waals surface area contributed by atoms with Crippen molar-refractivity contribution in [2.75, 3.05) is 20.8 Å². The van der Waals surface area contributed by atoms with Crippen molar-refractivity contribution >= 4 is 12.2 Å². The minimum absolute atomic E-state index is 0.285. The highest BCUT2D eigenvalue weighted by Crippen LogP contribution is 1.93. The number of aliphatic hydroxyl groups excluding tert-OH is 1. The summed E-state index contributed by atoms with van der Waals surface area (Å²) in [5.41, 5.74) is 0. The second-order valence-corrected chi connectivity index (χ2v) is 2.31. The number of carbonyl (C=O) groups excluding carboxylic acids is 1. The van der Waals surface area contributed by atoms with Crippen LogP contribution in [0.5, 0.6) is 0 Å². The zero-order chi connectivity index (χ0) is 11.9. The molecule has 0 aromatic rings. The number of aliphatic hydroxyl groups is 1. The first kappa shape index (κ1) is 16.1. The van der Waals surface area contributed by atoms with Crippen molar-refractivity contribution in [1.29, 1.82) is 0 Å². The Morgan fingerprint density at radius 3 is 2.60 bits per heavy atom. The van der Waals surface area contributed by atoms with Gasteiger partial charge in [0.2, 0.25) is 0 Å². The van der Waals surface area contributed by atoms with Crippen molar-refractivity contribution in [3.63, 3.8) is 0 Å². The SMILES string of the molecule is C1=COCC1.CC/C=N\C(=O)NC.CO. The van der Waals surface area contributed by atoms with Crippen LogP contribution in [0.3, 0.4) is 0 Å². The molecule has 0 unspecified atom stereocenters. The minimum atomic E-state index is -0.285. The molecule has 0 aromatic carbocycles. The molecule has 15 heavy (non-hydrogen) atoms. The van der Waals surface area contributed by atoms with Gasteiger partial charge in [0, 0.05) is 26.8 Å². The molecule has 88 valence electrons. The molecule has 0 bridgehead atoms. The fourth-order valence-corrected chi connectivity index (χ4v) is 0.579. The summed E-state index contributed by atoms with van der Waals surface area (Å²) in [6.45, 7) is 2.81. The van der Waals surface area contributed by atoms with Gasteiger partial charge in [0.15, 0.2) is 0 Å². The van der Waals surface area contributed by atoms with Crippen molar-refractivity contribution in [3.05, 3.63) is 12.3 Å². The predicted molar refractivity (Wildman–Crippen MR) is 61.1 cm³/mol. The fraction of sp³-hybridized carbons (Fsp3) is 0.600. The molecule has 0 atom stereocenters. The Bertz CT molecular complexity index is 185. The van der Waals surface area contributed by atoms with Crippen LogP contribution < -0.4 is 5.32 Å². The highest BCUT2D eigenvalue weighted by Gasteiger charge is 1.84. The minimum Gasteiger partial charge on any atom is -0.501 e. The smallest absolute Gasteiger partial charge is 0.340 e. The summed E-state index contributed by atoms with van der Waals surface area (Å²) in [5.74, 6) is 0. The van der Waals surface area contributed by atoms with Gasteiger partial charge in [-0.15, -0.1) is 0 Å². The summed E-state index contributed by atoms with van der Waals surface area (Å²) >= 11 is 0. The lowest BCUT2D eigenvalue weighted by molar-refractivity contribution is 0.251. The Balaban J connectivity index is 0. The number of nitrogens with zero attached hydrogens (tertiary/aromatic N) is 1. The van der Waals surface area contributed by atoms with E-state index in [1.807, 2.05) is 13.0 Å². The molecule has 1 aliphatic heterocycles. The summed E-state index contributed by atoms with van der Waals surface area (Å²) < 4.78 is 4.76. The van der Waals surface area contributed by atoms with E-state index < -0.39 is 0 Å². The van der Waals surface area contributed by atoms with E-state index in [0.29, 0.717) is 0 Å². The van der Waals surface area contributed by atoms with Crippen molar-refractivity contribution in [2.24, 2.45) is 4.99 Å². The highest BCUT2D eigenvalue weighted by atomic mass is 16.5. The number of amides is 2. The molecule has 1 rings (SSSR count). The number of carbonyl (C=O) groups is 1. The molecule has 2 N–H and O–H groups in total. The van der Waals surface area contributed by atoms with E-state index in [0.717, 1.165) is 26.6 Å². The third-order valence-electron chi connectivity index (χ3n) is 1.20. The van der Waals surface area contributed by atoms with Gasteiger partial charge >= 0.3 is 6.03 Å². The van der Waals surface area contributed by atoms with Crippen molar-refractivity contribution in [2.45, 2.75) is 19.8 Å². The second-order valence-electron chi connectivity index (χ2n) is 2.31. The van der Waals surface area contributed by atoms with Crippen LogP contribution in [-0.2, 0) is 4.74 Å². The van der Waals surface area contributed by atoms with Gasteiger partial charge in [-0.25, -0.2) is 9.79 Å². The molecule has 0 spiro atoms. The number of aliphatic imine (C=N–C) groups is 1. The van der Waals surface area contributed by atoms with Crippen LogP contribution in [0.2, 0.25) is 0 Å². The number of rotatable bonds is 1.